The fraction of sp³-hybridized carbons (Fsp3) is 0.625. The average Bonchev–Trinajstić information content (AvgIpc) is 2.96. The monoisotopic (exact) mass is 263 g/mol. The Morgan fingerprint density at radius 1 is 1.16 bits per heavy atom. The van der Waals surface area contributed by atoms with Crippen LogP contribution in [0.5, 0.6) is 5.75 Å². The summed E-state index contributed by atoms with van der Waals surface area (Å²) in [6, 6.07) is 8.96. The van der Waals surface area contributed by atoms with Crippen LogP contribution in [0.15, 0.2) is 24.3 Å². The first kappa shape index (κ1) is 14.4. The lowest BCUT2D eigenvalue weighted by molar-refractivity contribution is 0.110. The molecule has 1 aromatic carbocycles. The number of rotatable bonds is 8. The molecule has 1 fully saturated rings. The highest BCUT2D eigenvalue weighted by Crippen LogP contribution is 2.21. The van der Waals surface area contributed by atoms with Crippen LogP contribution >= 0.6 is 0 Å². The van der Waals surface area contributed by atoms with Gasteiger partial charge in [0, 0.05) is 24.8 Å². The van der Waals surface area contributed by atoms with E-state index in [0.717, 1.165) is 18.9 Å². The smallest absolute Gasteiger partial charge is 0.123 e. The minimum atomic E-state index is 0.619. The van der Waals surface area contributed by atoms with Crippen molar-refractivity contribution < 1.29 is 9.47 Å². The van der Waals surface area contributed by atoms with Crippen LogP contribution in [0.3, 0.4) is 0 Å². The molecule has 19 heavy (non-hydrogen) atoms. The van der Waals surface area contributed by atoms with E-state index in [1.54, 1.807) is 0 Å². The SMILES string of the molecule is CCOCCOc1ccccc1CNC1CCCC1. The molecule has 0 radical (unpaired) electrons. The van der Waals surface area contributed by atoms with Crippen molar-refractivity contribution in [3.8, 4) is 5.75 Å². The molecule has 0 amide bonds. The number of nitrogens with one attached hydrogen (secondary N) is 1. The maximum atomic E-state index is 5.79. The van der Waals surface area contributed by atoms with Crippen LogP contribution in [0, 0.1) is 0 Å². The largest absolute Gasteiger partial charge is 0.491 e. The molecule has 0 aliphatic heterocycles. The Bertz CT molecular complexity index is 362. The number of hydrogen-bond acceptors (Lipinski definition) is 3. The van der Waals surface area contributed by atoms with Crippen LogP contribution in [-0.4, -0.2) is 25.9 Å². The van der Waals surface area contributed by atoms with Gasteiger partial charge in [-0.3, -0.25) is 0 Å². The summed E-state index contributed by atoms with van der Waals surface area (Å²) in [4.78, 5) is 0. The van der Waals surface area contributed by atoms with Crippen molar-refractivity contribution in [2.45, 2.75) is 45.2 Å². The minimum absolute atomic E-state index is 0.619. The van der Waals surface area contributed by atoms with E-state index in [0.29, 0.717) is 19.3 Å². The molecule has 1 N–H and O–H groups in total. The Kier molecular flexibility index (Phi) is 6.18. The standard InChI is InChI=1S/C16H25NO2/c1-2-18-11-12-19-16-10-6-3-7-14(16)13-17-15-8-4-5-9-15/h3,6-7,10,15,17H,2,4-5,8-9,11-13H2,1H3. The van der Waals surface area contributed by atoms with Crippen LogP contribution in [0.2, 0.25) is 0 Å². The van der Waals surface area contributed by atoms with Gasteiger partial charge in [-0.15, -0.1) is 0 Å². The molecule has 0 atom stereocenters. The summed E-state index contributed by atoms with van der Waals surface area (Å²) in [7, 11) is 0. The van der Waals surface area contributed by atoms with Crippen LogP contribution in [0.25, 0.3) is 0 Å². The maximum absolute atomic E-state index is 5.79. The molecule has 0 saturated heterocycles. The summed E-state index contributed by atoms with van der Waals surface area (Å²) >= 11 is 0. The molecule has 1 aliphatic rings. The third-order valence-corrected chi connectivity index (χ3v) is 3.60. The van der Waals surface area contributed by atoms with E-state index in [1.165, 1.54) is 31.2 Å². The van der Waals surface area contributed by atoms with Crippen molar-refractivity contribution in [3.05, 3.63) is 29.8 Å². The van der Waals surface area contributed by atoms with Crippen LogP contribution in [0.4, 0.5) is 0 Å². The summed E-state index contributed by atoms with van der Waals surface area (Å²) in [5.41, 5.74) is 1.24. The normalized spacial score (nSPS) is 15.8. The van der Waals surface area contributed by atoms with Gasteiger partial charge in [-0.1, -0.05) is 31.0 Å². The van der Waals surface area contributed by atoms with E-state index in [1.807, 2.05) is 19.1 Å². The first-order valence-electron chi connectivity index (χ1n) is 7.42. The van der Waals surface area contributed by atoms with Crippen molar-refractivity contribution in [2.75, 3.05) is 19.8 Å². The van der Waals surface area contributed by atoms with Crippen LogP contribution < -0.4 is 10.1 Å². The van der Waals surface area contributed by atoms with E-state index < -0.39 is 0 Å². The van der Waals surface area contributed by atoms with Crippen molar-refractivity contribution in [3.63, 3.8) is 0 Å². The van der Waals surface area contributed by atoms with Gasteiger partial charge in [-0.25, -0.2) is 0 Å². The molecule has 1 aromatic rings. The Hall–Kier alpha value is -1.06. The zero-order valence-corrected chi connectivity index (χ0v) is 11.9. The Morgan fingerprint density at radius 2 is 1.95 bits per heavy atom. The van der Waals surface area contributed by atoms with Gasteiger partial charge < -0.3 is 14.8 Å². The van der Waals surface area contributed by atoms with Crippen molar-refractivity contribution in [2.24, 2.45) is 0 Å². The van der Waals surface area contributed by atoms with Gasteiger partial charge in [0.15, 0.2) is 0 Å². The highest BCUT2D eigenvalue weighted by atomic mass is 16.5. The van der Waals surface area contributed by atoms with Gasteiger partial charge in [0.25, 0.3) is 0 Å². The summed E-state index contributed by atoms with van der Waals surface area (Å²) in [6.45, 7) is 4.92. The van der Waals surface area contributed by atoms with Gasteiger partial charge >= 0.3 is 0 Å². The maximum Gasteiger partial charge on any atom is 0.123 e. The topological polar surface area (TPSA) is 30.5 Å². The predicted molar refractivity (Wildman–Crippen MR) is 77.5 cm³/mol. The summed E-state index contributed by atoms with van der Waals surface area (Å²) in [5.74, 6) is 0.979. The van der Waals surface area contributed by atoms with Crippen molar-refractivity contribution in [1.29, 1.82) is 0 Å². The number of ether oxygens (including phenoxy) is 2. The summed E-state index contributed by atoms with van der Waals surface area (Å²) in [6.07, 6.45) is 5.36. The zero-order chi connectivity index (χ0) is 13.3. The first-order valence-corrected chi connectivity index (χ1v) is 7.42. The van der Waals surface area contributed by atoms with E-state index >= 15 is 0 Å². The molecule has 2 rings (SSSR count). The summed E-state index contributed by atoms with van der Waals surface area (Å²) < 4.78 is 11.1. The van der Waals surface area contributed by atoms with Gasteiger partial charge in [0.2, 0.25) is 0 Å². The lowest BCUT2D eigenvalue weighted by Gasteiger charge is -2.15. The van der Waals surface area contributed by atoms with Crippen molar-refractivity contribution in [1.82, 2.24) is 5.32 Å². The molecular formula is C16H25NO2. The second-order valence-electron chi connectivity index (χ2n) is 5.02. The van der Waals surface area contributed by atoms with E-state index in [2.05, 4.69) is 17.4 Å². The van der Waals surface area contributed by atoms with Gasteiger partial charge in [-0.05, 0) is 25.8 Å². The fourth-order valence-electron chi connectivity index (χ4n) is 2.53. The highest BCUT2D eigenvalue weighted by molar-refractivity contribution is 5.33. The average molecular weight is 263 g/mol. The molecule has 0 bridgehead atoms. The molecular weight excluding hydrogens is 238 g/mol. The molecule has 0 aromatic heterocycles. The van der Waals surface area contributed by atoms with Gasteiger partial charge in [-0.2, -0.15) is 0 Å². The Balaban J connectivity index is 1.80. The number of para-hydroxylation sites is 1. The Labute approximate surface area is 116 Å². The molecule has 3 nitrogen and oxygen atoms in total. The summed E-state index contributed by atoms with van der Waals surface area (Å²) in [5, 5.41) is 3.63. The minimum Gasteiger partial charge on any atom is -0.491 e. The van der Waals surface area contributed by atoms with Gasteiger partial charge in [0.05, 0.1) is 6.61 Å². The van der Waals surface area contributed by atoms with E-state index in [9.17, 15) is 0 Å². The van der Waals surface area contributed by atoms with Crippen LogP contribution in [-0.2, 0) is 11.3 Å². The predicted octanol–water partition coefficient (Wildman–Crippen LogP) is 3.13. The second-order valence-corrected chi connectivity index (χ2v) is 5.02. The third kappa shape index (κ3) is 4.84. The molecule has 1 aliphatic carbocycles. The molecule has 3 heteroatoms. The lowest BCUT2D eigenvalue weighted by Crippen LogP contribution is -2.25. The third-order valence-electron chi connectivity index (χ3n) is 3.60. The quantitative estimate of drug-likeness (QED) is 0.731. The Morgan fingerprint density at radius 3 is 2.74 bits per heavy atom. The molecule has 0 heterocycles. The van der Waals surface area contributed by atoms with Crippen LogP contribution in [0.1, 0.15) is 38.2 Å². The molecule has 106 valence electrons. The van der Waals surface area contributed by atoms with Crippen molar-refractivity contribution >= 4 is 0 Å². The highest BCUT2D eigenvalue weighted by Gasteiger charge is 2.14. The second kappa shape index (κ2) is 8.18. The van der Waals surface area contributed by atoms with E-state index in [-0.39, 0.29) is 0 Å². The first-order chi connectivity index (χ1) is 9.40. The molecule has 1 saturated carbocycles. The fourth-order valence-corrected chi connectivity index (χ4v) is 2.53. The van der Waals surface area contributed by atoms with E-state index in [4.69, 9.17) is 9.47 Å². The van der Waals surface area contributed by atoms with Gasteiger partial charge in [0.1, 0.15) is 12.4 Å². The number of benzene rings is 1. The number of hydrogen-bond donors (Lipinski definition) is 1. The molecule has 0 spiro atoms. The zero-order valence-electron chi connectivity index (χ0n) is 11.9. The lowest BCUT2D eigenvalue weighted by atomic mass is 10.1. The molecule has 0 unspecified atom stereocenters.